The van der Waals surface area contributed by atoms with E-state index in [0.29, 0.717) is 0 Å². The lowest BCUT2D eigenvalue weighted by Crippen LogP contribution is -1.27. The number of rotatable bonds is 0. The molecule has 0 aromatic rings. The summed E-state index contributed by atoms with van der Waals surface area (Å²) >= 11 is 0. The van der Waals surface area contributed by atoms with Crippen LogP contribution in [0.15, 0.2) is 0 Å². The van der Waals surface area contributed by atoms with Crippen molar-refractivity contribution in [1.29, 1.82) is 0 Å². The summed E-state index contributed by atoms with van der Waals surface area (Å²) in [5.74, 6) is 0. The molecule has 0 unspecified atom stereocenters. The van der Waals surface area contributed by atoms with Crippen LogP contribution in [0.1, 0.15) is 69.2 Å². The van der Waals surface area contributed by atoms with Gasteiger partial charge in [-0.05, 0) is 0 Å². The van der Waals surface area contributed by atoms with Gasteiger partial charge in [0, 0.05) is 8.41 Å². The summed E-state index contributed by atoms with van der Waals surface area (Å²) in [5.41, 5.74) is 0. The minimum absolute atomic E-state index is 0. The lowest BCUT2D eigenvalue weighted by Gasteiger charge is -1.48. The molecule has 0 aliphatic heterocycles. The van der Waals surface area contributed by atoms with E-state index in [2.05, 4.69) is 13.8 Å². The van der Waals surface area contributed by atoms with Crippen LogP contribution in [-0.4, -0.2) is 8.41 Å². The van der Waals surface area contributed by atoms with E-state index in [0.717, 1.165) is 0 Å². The molecular formula is C10H32BS. The van der Waals surface area contributed by atoms with Crippen LogP contribution in [-0.2, 0) is 0 Å². The van der Waals surface area contributed by atoms with Crippen LogP contribution in [0.3, 0.4) is 0 Å². The van der Waals surface area contributed by atoms with Crippen molar-refractivity contribution < 1.29 is 0 Å². The third-order valence-electron chi connectivity index (χ3n) is 0. The molecule has 12 heavy (non-hydrogen) atoms. The molecule has 0 aliphatic carbocycles. The molecule has 81 valence electrons. The molecule has 0 N–H and O–H groups in total. The Morgan fingerprint density at radius 2 is 0.667 bits per heavy atom. The second-order valence-corrected chi connectivity index (χ2v) is 0.707. The molecular weight excluding hydrogens is 163 g/mol. The van der Waals surface area contributed by atoms with Crippen LogP contribution in [0.4, 0.5) is 0 Å². The van der Waals surface area contributed by atoms with Gasteiger partial charge in [-0.3, -0.25) is 0 Å². The van der Waals surface area contributed by atoms with Crippen LogP contribution in [0.5, 0.6) is 0 Å². The largest absolute Gasteiger partial charge is 0.197 e. The van der Waals surface area contributed by atoms with Crippen molar-refractivity contribution in [1.82, 2.24) is 0 Å². The van der Waals surface area contributed by atoms with E-state index in [1.54, 1.807) is 0 Å². The van der Waals surface area contributed by atoms with Crippen molar-refractivity contribution >= 4 is 21.9 Å². The first-order chi connectivity index (χ1) is 4.41. The lowest BCUT2D eigenvalue weighted by atomic mass is 10.6. The van der Waals surface area contributed by atoms with Crippen LogP contribution >= 0.6 is 13.5 Å². The monoisotopic (exact) mass is 195 g/mol. The molecule has 2 heteroatoms. The molecule has 0 saturated heterocycles. The fourth-order valence-corrected chi connectivity index (χ4v) is 0. The highest BCUT2D eigenvalue weighted by molar-refractivity contribution is 7.59. The Bertz CT molecular complexity index is 9.80. The zero-order valence-corrected chi connectivity index (χ0v) is 10.8. The maximum Gasteiger partial charge on any atom is 0 e. The van der Waals surface area contributed by atoms with Gasteiger partial charge in [-0.2, -0.15) is 13.5 Å². The Balaban J connectivity index is -0.00000000522. The number of hydrogen-bond acceptors (Lipinski definition) is 0. The summed E-state index contributed by atoms with van der Waals surface area (Å²) in [4.78, 5) is 0. The van der Waals surface area contributed by atoms with Gasteiger partial charge in [-0.15, -0.1) is 0 Å². The molecule has 0 heterocycles. The smallest absolute Gasteiger partial charge is 0 e. The molecule has 0 saturated carbocycles. The SMILES string of the molecule is C.CC.CC.CC.CCC.S.[B]. The Hall–Kier alpha value is 0.415. The van der Waals surface area contributed by atoms with Gasteiger partial charge in [0.25, 0.3) is 0 Å². The molecule has 0 rings (SSSR count). The van der Waals surface area contributed by atoms with Crippen molar-refractivity contribution in [3.8, 4) is 0 Å². The Morgan fingerprint density at radius 1 is 0.667 bits per heavy atom. The Labute approximate surface area is 91.6 Å². The molecule has 0 amide bonds. The highest BCUT2D eigenvalue weighted by Gasteiger charge is 1.35. The van der Waals surface area contributed by atoms with Crippen molar-refractivity contribution in [2.75, 3.05) is 0 Å². The molecule has 0 atom stereocenters. The van der Waals surface area contributed by atoms with Crippen LogP contribution < -0.4 is 0 Å². The fourth-order valence-electron chi connectivity index (χ4n) is 0. The van der Waals surface area contributed by atoms with Crippen molar-refractivity contribution in [3.05, 3.63) is 0 Å². The molecule has 3 radical (unpaired) electrons. The summed E-state index contributed by atoms with van der Waals surface area (Å²) < 4.78 is 0. The van der Waals surface area contributed by atoms with Gasteiger partial charge in [0.15, 0.2) is 0 Å². The van der Waals surface area contributed by atoms with Gasteiger partial charge in [-0.1, -0.05) is 69.2 Å². The summed E-state index contributed by atoms with van der Waals surface area (Å²) in [6.07, 6.45) is 1.25. The van der Waals surface area contributed by atoms with Gasteiger partial charge in [0.2, 0.25) is 0 Å². The predicted octanol–water partition coefficient (Wildman–Crippen LogP) is 4.86. The van der Waals surface area contributed by atoms with Gasteiger partial charge >= 0.3 is 0 Å². The summed E-state index contributed by atoms with van der Waals surface area (Å²) in [6.45, 7) is 16.2. The molecule has 0 nitrogen and oxygen atoms in total. The second kappa shape index (κ2) is 618. The molecule has 0 spiro atoms. The van der Waals surface area contributed by atoms with Crippen LogP contribution in [0.25, 0.3) is 0 Å². The van der Waals surface area contributed by atoms with Crippen LogP contribution in [0, 0.1) is 0 Å². The third-order valence-corrected chi connectivity index (χ3v) is 0. The van der Waals surface area contributed by atoms with E-state index in [1.807, 2.05) is 41.5 Å². The zero-order chi connectivity index (χ0) is 8.71. The molecule has 0 fully saturated rings. The summed E-state index contributed by atoms with van der Waals surface area (Å²) in [5, 5.41) is 0. The minimum Gasteiger partial charge on any atom is -0.197 e. The first-order valence-electron chi connectivity index (χ1n) is 4.41. The van der Waals surface area contributed by atoms with E-state index in [9.17, 15) is 0 Å². The van der Waals surface area contributed by atoms with E-state index in [1.165, 1.54) is 6.42 Å². The fraction of sp³-hybridized carbons (Fsp3) is 1.00. The molecule has 0 aromatic carbocycles. The van der Waals surface area contributed by atoms with Crippen molar-refractivity contribution in [3.63, 3.8) is 0 Å². The Morgan fingerprint density at radius 3 is 0.667 bits per heavy atom. The molecule has 0 aromatic heterocycles. The second-order valence-electron chi connectivity index (χ2n) is 0.707. The highest BCUT2D eigenvalue weighted by Crippen LogP contribution is 1.56. The summed E-state index contributed by atoms with van der Waals surface area (Å²) in [7, 11) is 0. The maximum absolute atomic E-state index is 2.12. The average molecular weight is 195 g/mol. The van der Waals surface area contributed by atoms with Gasteiger partial charge in [0.1, 0.15) is 0 Å². The highest BCUT2D eigenvalue weighted by atomic mass is 32.1. The maximum atomic E-state index is 2.12. The lowest BCUT2D eigenvalue weighted by molar-refractivity contribution is 1.09. The van der Waals surface area contributed by atoms with Crippen molar-refractivity contribution in [2.45, 2.75) is 69.2 Å². The average Bonchev–Trinajstić information content (AvgIpc) is 2.01. The Kier molecular flexibility index (Phi) is 2840. The zero-order valence-electron chi connectivity index (χ0n) is 9.78. The predicted molar refractivity (Wildman–Crippen MR) is 72.9 cm³/mol. The minimum atomic E-state index is 0. The summed E-state index contributed by atoms with van der Waals surface area (Å²) in [6, 6.07) is 0. The van der Waals surface area contributed by atoms with Crippen LogP contribution in [0.2, 0.25) is 0 Å². The van der Waals surface area contributed by atoms with E-state index in [4.69, 9.17) is 0 Å². The molecule has 0 aliphatic rings. The third kappa shape index (κ3) is 5360. The topological polar surface area (TPSA) is 0 Å². The van der Waals surface area contributed by atoms with Gasteiger partial charge < -0.3 is 0 Å². The quantitative estimate of drug-likeness (QED) is 0.484. The van der Waals surface area contributed by atoms with E-state index in [-0.39, 0.29) is 29.3 Å². The first-order valence-corrected chi connectivity index (χ1v) is 4.41. The van der Waals surface area contributed by atoms with Gasteiger partial charge in [-0.25, -0.2) is 0 Å². The normalized spacial score (nSPS) is 3.00. The standard InChI is InChI=1S/C3H8.3C2H6.CH4.B.H2S/c1-3-2;3*1-2;;;/h3H2,1-2H3;3*1-2H3;1H4;;1H2. The van der Waals surface area contributed by atoms with Gasteiger partial charge in [0.05, 0.1) is 0 Å². The van der Waals surface area contributed by atoms with E-state index >= 15 is 0 Å². The first kappa shape index (κ1) is 55.2. The number of hydrogen-bond donors (Lipinski definition) is 0. The van der Waals surface area contributed by atoms with E-state index < -0.39 is 0 Å². The van der Waals surface area contributed by atoms with Crippen molar-refractivity contribution in [2.24, 2.45) is 0 Å². The molecule has 0 bridgehead atoms.